The first-order valence-electron chi connectivity index (χ1n) is 6.26. The highest BCUT2D eigenvalue weighted by molar-refractivity contribution is 6.36. The third kappa shape index (κ3) is 1.57. The predicted octanol–water partition coefficient (Wildman–Crippen LogP) is 3.16. The van der Waals surface area contributed by atoms with Crippen molar-refractivity contribution < 1.29 is 9.59 Å². The lowest BCUT2D eigenvalue weighted by molar-refractivity contribution is -0.125. The number of hydrogen-bond donors (Lipinski definition) is 0. The molecule has 1 aliphatic heterocycles. The van der Waals surface area contributed by atoms with Gasteiger partial charge in [-0.25, -0.2) is 4.90 Å². The summed E-state index contributed by atoms with van der Waals surface area (Å²) in [4.78, 5) is 26.0. The molecule has 3 rings (SSSR count). The van der Waals surface area contributed by atoms with Crippen LogP contribution in [0.3, 0.4) is 0 Å². The zero-order chi connectivity index (χ0) is 12.8. The molecule has 1 heterocycles. The summed E-state index contributed by atoms with van der Waals surface area (Å²) in [7, 11) is 0. The van der Waals surface area contributed by atoms with Crippen LogP contribution in [0.25, 0.3) is 0 Å². The highest BCUT2D eigenvalue weighted by atomic mass is 35.5. The van der Waals surface area contributed by atoms with Crippen LogP contribution < -0.4 is 4.90 Å². The zero-order valence-electron chi connectivity index (χ0n) is 9.99. The zero-order valence-corrected chi connectivity index (χ0v) is 10.7. The van der Waals surface area contributed by atoms with Crippen molar-refractivity contribution in [3.63, 3.8) is 0 Å². The fraction of sp³-hybridized carbons (Fsp3) is 0.429. The van der Waals surface area contributed by atoms with Gasteiger partial charge in [-0.2, -0.15) is 0 Å². The monoisotopic (exact) mass is 263 g/mol. The number of carbonyl (C=O) groups is 2. The maximum Gasteiger partial charge on any atom is 0.240 e. The minimum absolute atomic E-state index is 0.0573. The van der Waals surface area contributed by atoms with E-state index in [-0.39, 0.29) is 11.8 Å². The highest BCUT2D eigenvalue weighted by Gasteiger charge is 2.53. The van der Waals surface area contributed by atoms with E-state index in [0.29, 0.717) is 17.1 Å². The fourth-order valence-corrected chi connectivity index (χ4v) is 3.33. The molecule has 2 amide bonds. The number of nitrogens with zero attached hydrogens (tertiary/aromatic N) is 1. The topological polar surface area (TPSA) is 37.4 Å². The summed E-state index contributed by atoms with van der Waals surface area (Å²) in [6.45, 7) is 0. The van der Waals surface area contributed by atoms with Crippen LogP contribution in [0.2, 0.25) is 5.02 Å². The van der Waals surface area contributed by atoms with E-state index in [4.69, 9.17) is 11.6 Å². The van der Waals surface area contributed by atoms with Crippen molar-refractivity contribution in [2.24, 2.45) is 5.41 Å². The van der Waals surface area contributed by atoms with Crippen molar-refractivity contribution in [3.8, 4) is 0 Å². The first-order valence-corrected chi connectivity index (χ1v) is 6.64. The molecule has 1 spiro atoms. The maximum absolute atomic E-state index is 12.5. The first-order chi connectivity index (χ1) is 8.64. The lowest BCUT2D eigenvalue weighted by atomic mass is 9.84. The molecule has 18 heavy (non-hydrogen) atoms. The van der Waals surface area contributed by atoms with E-state index in [1.807, 2.05) is 0 Å². The van der Waals surface area contributed by atoms with Crippen LogP contribution in [0.15, 0.2) is 24.3 Å². The van der Waals surface area contributed by atoms with Crippen LogP contribution in [-0.4, -0.2) is 11.8 Å². The molecular formula is C14H14ClNO2. The van der Waals surface area contributed by atoms with Crippen molar-refractivity contribution in [2.45, 2.75) is 32.1 Å². The minimum atomic E-state index is -0.434. The van der Waals surface area contributed by atoms with Gasteiger partial charge in [0, 0.05) is 6.42 Å². The van der Waals surface area contributed by atoms with E-state index < -0.39 is 5.41 Å². The first kappa shape index (κ1) is 11.7. The summed E-state index contributed by atoms with van der Waals surface area (Å²) in [6.07, 6.45) is 4.08. The molecule has 0 unspecified atom stereocenters. The van der Waals surface area contributed by atoms with E-state index in [1.54, 1.807) is 24.3 Å². The highest BCUT2D eigenvalue weighted by Crippen LogP contribution is 2.48. The van der Waals surface area contributed by atoms with Crippen molar-refractivity contribution in [2.75, 3.05) is 4.90 Å². The Morgan fingerprint density at radius 3 is 2.44 bits per heavy atom. The Hall–Kier alpha value is -1.35. The number of halogens is 1. The number of carbonyl (C=O) groups excluding carboxylic acids is 2. The van der Waals surface area contributed by atoms with Gasteiger partial charge in [0.05, 0.1) is 16.1 Å². The van der Waals surface area contributed by atoms with Gasteiger partial charge in [0.15, 0.2) is 0 Å². The second kappa shape index (κ2) is 4.09. The third-order valence-electron chi connectivity index (χ3n) is 4.05. The molecule has 2 aliphatic rings. The summed E-state index contributed by atoms with van der Waals surface area (Å²) in [5.74, 6) is -0.173. The molecule has 0 bridgehead atoms. The van der Waals surface area contributed by atoms with Gasteiger partial charge in [-0.1, -0.05) is 36.6 Å². The maximum atomic E-state index is 12.5. The van der Waals surface area contributed by atoms with Gasteiger partial charge >= 0.3 is 0 Å². The number of anilines is 1. The number of para-hydroxylation sites is 1. The fourth-order valence-electron chi connectivity index (χ4n) is 3.11. The van der Waals surface area contributed by atoms with Crippen LogP contribution in [0, 0.1) is 5.41 Å². The number of hydrogen-bond acceptors (Lipinski definition) is 2. The normalized spacial score (nSPS) is 22.2. The van der Waals surface area contributed by atoms with Crippen molar-refractivity contribution in [3.05, 3.63) is 29.3 Å². The lowest BCUT2D eigenvalue weighted by Gasteiger charge is -2.21. The van der Waals surface area contributed by atoms with Gasteiger partial charge in [0.2, 0.25) is 11.8 Å². The lowest BCUT2D eigenvalue weighted by Crippen LogP contribution is -2.34. The quantitative estimate of drug-likeness (QED) is 0.730. The van der Waals surface area contributed by atoms with Crippen LogP contribution >= 0.6 is 11.6 Å². The van der Waals surface area contributed by atoms with E-state index >= 15 is 0 Å². The predicted molar refractivity (Wildman–Crippen MR) is 69.5 cm³/mol. The number of rotatable bonds is 1. The second-order valence-electron chi connectivity index (χ2n) is 5.15. The molecule has 3 nitrogen and oxygen atoms in total. The summed E-state index contributed by atoms with van der Waals surface area (Å²) < 4.78 is 0. The van der Waals surface area contributed by atoms with Crippen LogP contribution in [0.4, 0.5) is 5.69 Å². The van der Waals surface area contributed by atoms with Gasteiger partial charge in [-0.05, 0) is 25.0 Å². The number of imide groups is 1. The molecule has 4 heteroatoms. The largest absolute Gasteiger partial charge is 0.274 e. The smallest absolute Gasteiger partial charge is 0.240 e. The van der Waals surface area contributed by atoms with E-state index in [9.17, 15) is 9.59 Å². The average Bonchev–Trinajstić information content (AvgIpc) is 2.89. The van der Waals surface area contributed by atoms with Crippen LogP contribution in [-0.2, 0) is 9.59 Å². The minimum Gasteiger partial charge on any atom is -0.274 e. The SMILES string of the molecule is O=C1CC2(CCCC2)C(=O)N1c1ccccc1Cl. The molecule has 0 radical (unpaired) electrons. The molecule has 0 atom stereocenters. The number of amides is 2. The van der Waals surface area contributed by atoms with Gasteiger partial charge < -0.3 is 0 Å². The van der Waals surface area contributed by atoms with Crippen molar-refractivity contribution in [1.29, 1.82) is 0 Å². The molecule has 1 aliphatic carbocycles. The molecular weight excluding hydrogens is 250 g/mol. The van der Waals surface area contributed by atoms with Gasteiger partial charge in [0.1, 0.15) is 0 Å². The summed E-state index contributed by atoms with van der Waals surface area (Å²) in [5.41, 5.74) is 0.0916. The standard InChI is InChI=1S/C14H14ClNO2/c15-10-5-1-2-6-11(10)16-12(17)9-14(13(16)18)7-3-4-8-14/h1-2,5-6H,3-4,7-9H2. The molecule has 1 aromatic rings. The van der Waals surface area contributed by atoms with Gasteiger partial charge in [-0.15, -0.1) is 0 Å². The van der Waals surface area contributed by atoms with Crippen LogP contribution in [0.1, 0.15) is 32.1 Å². The molecule has 0 aromatic heterocycles. The Balaban J connectivity index is 2.01. The molecule has 94 valence electrons. The molecule has 1 aromatic carbocycles. The summed E-state index contributed by atoms with van der Waals surface area (Å²) in [6, 6.07) is 7.02. The van der Waals surface area contributed by atoms with E-state index in [0.717, 1.165) is 25.7 Å². The summed E-state index contributed by atoms with van der Waals surface area (Å²) >= 11 is 6.08. The third-order valence-corrected chi connectivity index (χ3v) is 4.37. The van der Waals surface area contributed by atoms with Crippen LogP contribution in [0.5, 0.6) is 0 Å². The van der Waals surface area contributed by atoms with Crippen molar-refractivity contribution in [1.82, 2.24) is 0 Å². The Kier molecular flexibility index (Phi) is 2.67. The van der Waals surface area contributed by atoms with E-state index in [1.165, 1.54) is 4.90 Å². The van der Waals surface area contributed by atoms with Gasteiger partial charge in [-0.3, -0.25) is 9.59 Å². The average molecular weight is 264 g/mol. The molecule has 2 fully saturated rings. The Labute approximate surface area is 111 Å². The number of benzene rings is 1. The Bertz CT molecular complexity index is 520. The Morgan fingerprint density at radius 1 is 1.11 bits per heavy atom. The van der Waals surface area contributed by atoms with Gasteiger partial charge in [0.25, 0.3) is 0 Å². The second-order valence-corrected chi connectivity index (χ2v) is 5.56. The molecule has 1 saturated carbocycles. The molecule has 0 N–H and O–H groups in total. The Morgan fingerprint density at radius 2 is 1.78 bits per heavy atom. The summed E-state index contributed by atoms with van der Waals surface area (Å²) in [5, 5.41) is 0.453. The van der Waals surface area contributed by atoms with Crippen molar-refractivity contribution >= 4 is 29.1 Å². The van der Waals surface area contributed by atoms with E-state index in [2.05, 4.69) is 0 Å². The molecule has 1 saturated heterocycles.